The van der Waals surface area contributed by atoms with Crippen molar-refractivity contribution >= 4 is 50.1 Å². The van der Waals surface area contributed by atoms with Gasteiger partial charge < -0.3 is 14.9 Å². The highest BCUT2D eigenvalue weighted by molar-refractivity contribution is 7.13. The van der Waals surface area contributed by atoms with Gasteiger partial charge in [-0.3, -0.25) is 9.59 Å². The first kappa shape index (κ1) is 23.0. The maximum absolute atomic E-state index is 13.4. The molecule has 0 spiro atoms. The third kappa shape index (κ3) is 4.15. The van der Waals surface area contributed by atoms with E-state index in [0.29, 0.717) is 27.9 Å². The molecule has 1 atom stereocenters. The van der Waals surface area contributed by atoms with Gasteiger partial charge in [0.15, 0.2) is 16.9 Å². The molecule has 9 heteroatoms. The number of fused-ring (bicyclic) bond motifs is 2. The van der Waals surface area contributed by atoms with Crippen molar-refractivity contribution in [2.45, 2.75) is 26.9 Å². The van der Waals surface area contributed by atoms with Gasteiger partial charge in [0.05, 0.1) is 10.1 Å². The number of benzene rings is 2. The second kappa shape index (κ2) is 8.79. The predicted octanol–water partition coefficient (Wildman–Crippen LogP) is 5.97. The van der Waals surface area contributed by atoms with Gasteiger partial charge in [-0.25, -0.2) is 4.98 Å². The summed E-state index contributed by atoms with van der Waals surface area (Å²) in [6.07, 6.45) is 1.19. The average Bonchev–Trinajstić information content (AvgIpc) is 3.30. The molecule has 7 nitrogen and oxygen atoms in total. The summed E-state index contributed by atoms with van der Waals surface area (Å²) in [6, 6.07) is 12.6. The largest absolute Gasteiger partial charge is 0.483 e. The van der Waals surface area contributed by atoms with Crippen LogP contribution in [-0.4, -0.2) is 15.3 Å². The van der Waals surface area contributed by atoms with Gasteiger partial charge in [-0.1, -0.05) is 11.6 Å². The van der Waals surface area contributed by atoms with Gasteiger partial charge in [-0.15, -0.1) is 0 Å². The molecule has 2 N–H and O–H groups in total. The number of pyridine rings is 1. The summed E-state index contributed by atoms with van der Waals surface area (Å²) < 4.78 is 17.8. The highest BCUT2D eigenvalue weighted by Crippen LogP contribution is 2.34. The van der Waals surface area contributed by atoms with E-state index < -0.39 is 12.0 Å². The summed E-state index contributed by atoms with van der Waals surface area (Å²) in [6.45, 7) is 5.46. The van der Waals surface area contributed by atoms with Crippen LogP contribution in [0.1, 0.15) is 40.2 Å². The van der Waals surface area contributed by atoms with Crippen molar-refractivity contribution in [2.75, 3.05) is 0 Å². The summed E-state index contributed by atoms with van der Waals surface area (Å²) in [5, 5.41) is 1.56. The summed E-state index contributed by atoms with van der Waals surface area (Å²) >= 11 is 7.33. The predicted molar refractivity (Wildman–Crippen MR) is 137 cm³/mol. The quantitative estimate of drug-likeness (QED) is 0.294. The molecule has 5 aromatic rings. The number of hydrogen-bond donors (Lipinski definition) is 1. The first-order valence-corrected chi connectivity index (χ1v) is 11.9. The molecule has 0 fully saturated rings. The molecule has 2 aromatic carbocycles. The normalized spacial score (nSPS) is 12.2. The number of aryl methyl sites for hydroxylation is 1. The molecule has 0 aliphatic rings. The SMILES string of the molecule is Cc1cc([C@@H](C)Oc2ccc(Cl)nc2C(N)=O)c2oc(-c3ccc4sncc4c3)c(C)c(=O)c2c1. The van der Waals surface area contributed by atoms with Gasteiger partial charge in [0.2, 0.25) is 0 Å². The lowest BCUT2D eigenvalue weighted by Crippen LogP contribution is -2.17. The fourth-order valence-electron chi connectivity index (χ4n) is 4.11. The van der Waals surface area contributed by atoms with Crippen LogP contribution in [-0.2, 0) is 0 Å². The highest BCUT2D eigenvalue weighted by Gasteiger charge is 2.22. The lowest BCUT2D eigenvalue weighted by Gasteiger charge is -2.19. The molecule has 0 bridgehead atoms. The summed E-state index contributed by atoms with van der Waals surface area (Å²) in [5.74, 6) is -0.0837. The number of nitrogens with zero attached hydrogens (tertiary/aromatic N) is 2. The molecule has 0 unspecified atom stereocenters. The fraction of sp³-hybridized carbons (Fsp3) is 0.154. The van der Waals surface area contributed by atoms with E-state index in [9.17, 15) is 9.59 Å². The van der Waals surface area contributed by atoms with Crippen LogP contribution in [0.15, 0.2) is 57.9 Å². The Kier molecular flexibility index (Phi) is 5.78. The Morgan fingerprint density at radius 3 is 2.74 bits per heavy atom. The zero-order chi connectivity index (χ0) is 24.9. The van der Waals surface area contributed by atoms with Crippen molar-refractivity contribution in [1.82, 2.24) is 9.36 Å². The number of amides is 1. The van der Waals surface area contributed by atoms with Crippen LogP contribution in [0.5, 0.6) is 5.75 Å². The zero-order valence-corrected chi connectivity index (χ0v) is 20.7. The number of carbonyl (C=O) groups excluding carboxylic acids is 1. The van der Waals surface area contributed by atoms with E-state index in [0.717, 1.165) is 21.2 Å². The number of primary amides is 1. The minimum Gasteiger partial charge on any atom is -0.483 e. The maximum Gasteiger partial charge on any atom is 0.271 e. The second-order valence-corrected chi connectivity index (χ2v) is 9.52. The van der Waals surface area contributed by atoms with Crippen LogP contribution in [0.4, 0.5) is 0 Å². The van der Waals surface area contributed by atoms with Gasteiger partial charge in [0, 0.05) is 28.3 Å². The number of ether oxygens (including phenoxy) is 1. The van der Waals surface area contributed by atoms with E-state index in [4.69, 9.17) is 26.5 Å². The van der Waals surface area contributed by atoms with E-state index in [1.54, 1.807) is 32.2 Å². The Morgan fingerprint density at radius 1 is 1.17 bits per heavy atom. The molecule has 3 heterocycles. The number of hydrogen-bond acceptors (Lipinski definition) is 7. The fourth-order valence-corrected chi connectivity index (χ4v) is 4.88. The number of nitrogens with two attached hydrogens (primary N) is 1. The maximum atomic E-state index is 13.4. The Hall–Kier alpha value is -3.75. The summed E-state index contributed by atoms with van der Waals surface area (Å²) in [4.78, 5) is 29.3. The van der Waals surface area contributed by atoms with Crippen LogP contribution >= 0.6 is 23.1 Å². The number of rotatable bonds is 5. The molecule has 0 aliphatic heterocycles. The topological polar surface area (TPSA) is 108 Å². The molecule has 176 valence electrons. The summed E-state index contributed by atoms with van der Waals surface area (Å²) in [5.41, 5.74) is 8.52. The molecule has 0 saturated carbocycles. The van der Waals surface area contributed by atoms with Gasteiger partial charge in [-0.05, 0) is 80.3 Å². The average molecular weight is 506 g/mol. The van der Waals surface area contributed by atoms with Gasteiger partial charge in [0.25, 0.3) is 5.91 Å². The van der Waals surface area contributed by atoms with Crippen molar-refractivity contribution in [3.63, 3.8) is 0 Å². The van der Waals surface area contributed by atoms with Gasteiger partial charge in [0.1, 0.15) is 22.6 Å². The van der Waals surface area contributed by atoms with Crippen molar-refractivity contribution in [3.8, 4) is 17.1 Å². The van der Waals surface area contributed by atoms with Crippen molar-refractivity contribution in [2.24, 2.45) is 5.73 Å². The van der Waals surface area contributed by atoms with E-state index in [-0.39, 0.29) is 22.0 Å². The van der Waals surface area contributed by atoms with E-state index in [1.165, 1.54) is 17.6 Å². The minimum atomic E-state index is -0.758. The summed E-state index contributed by atoms with van der Waals surface area (Å²) in [7, 11) is 0. The highest BCUT2D eigenvalue weighted by atomic mass is 35.5. The van der Waals surface area contributed by atoms with E-state index in [1.807, 2.05) is 31.2 Å². The van der Waals surface area contributed by atoms with Crippen LogP contribution < -0.4 is 15.9 Å². The van der Waals surface area contributed by atoms with Crippen molar-refractivity contribution in [3.05, 3.63) is 86.4 Å². The third-order valence-corrected chi connectivity index (χ3v) is 6.80. The lowest BCUT2D eigenvalue weighted by atomic mass is 9.99. The van der Waals surface area contributed by atoms with E-state index >= 15 is 0 Å². The molecular weight excluding hydrogens is 486 g/mol. The van der Waals surface area contributed by atoms with Crippen molar-refractivity contribution in [1.29, 1.82) is 0 Å². The lowest BCUT2D eigenvalue weighted by molar-refractivity contribution is 0.0988. The van der Waals surface area contributed by atoms with Gasteiger partial charge in [-0.2, -0.15) is 4.37 Å². The molecular formula is C26H20ClN3O4S. The van der Waals surface area contributed by atoms with Crippen molar-refractivity contribution < 1.29 is 13.9 Å². The van der Waals surface area contributed by atoms with Crippen LogP contribution in [0.2, 0.25) is 5.15 Å². The molecule has 0 saturated heterocycles. The molecule has 1 amide bonds. The van der Waals surface area contributed by atoms with Crippen LogP contribution in [0, 0.1) is 13.8 Å². The Balaban J connectivity index is 1.67. The standard InChI is InChI=1S/C26H20ClN3O4S/c1-12-8-17(14(3)33-19-5-7-21(27)30-22(19)26(28)32)25-18(9-12)23(31)13(2)24(34-25)15-4-6-20-16(10-15)11-29-35-20/h4-11,14H,1-3H3,(H2,28,32)/t14-/m1/s1. The minimum absolute atomic E-state index is 0.0723. The zero-order valence-electron chi connectivity index (χ0n) is 19.1. The number of carbonyl (C=O) groups is 1. The molecule has 35 heavy (non-hydrogen) atoms. The van der Waals surface area contributed by atoms with Crippen LogP contribution in [0.25, 0.3) is 32.4 Å². The second-order valence-electron chi connectivity index (χ2n) is 8.30. The number of halogens is 1. The third-order valence-electron chi connectivity index (χ3n) is 5.81. The smallest absolute Gasteiger partial charge is 0.271 e. The monoisotopic (exact) mass is 505 g/mol. The van der Waals surface area contributed by atoms with Crippen LogP contribution in [0.3, 0.4) is 0 Å². The molecule has 0 aliphatic carbocycles. The first-order chi connectivity index (χ1) is 16.7. The van der Waals surface area contributed by atoms with E-state index in [2.05, 4.69) is 9.36 Å². The molecule has 0 radical (unpaired) electrons. The Morgan fingerprint density at radius 2 is 1.97 bits per heavy atom. The molecule has 5 rings (SSSR count). The first-order valence-electron chi connectivity index (χ1n) is 10.8. The Labute approximate surface area is 209 Å². The molecule has 3 aromatic heterocycles. The number of aromatic nitrogens is 2. The van der Waals surface area contributed by atoms with Gasteiger partial charge >= 0.3 is 0 Å². The Bertz CT molecular complexity index is 1690.